The quantitative estimate of drug-likeness (QED) is 0.885. The van der Waals surface area contributed by atoms with Crippen molar-refractivity contribution in [3.63, 3.8) is 0 Å². The number of aromatic nitrogens is 3. The third kappa shape index (κ3) is 3.86. The van der Waals surface area contributed by atoms with Crippen molar-refractivity contribution in [2.45, 2.75) is 40.0 Å². The molecule has 0 atom stereocenters. The summed E-state index contributed by atoms with van der Waals surface area (Å²) in [7, 11) is 0. The van der Waals surface area contributed by atoms with Crippen molar-refractivity contribution in [1.82, 2.24) is 15.1 Å². The predicted octanol–water partition coefficient (Wildman–Crippen LogP) is 2.66. The zero-order valence-electron chi connectivity index (χ0n) is 11.8. The second kappa shape index (κ2) is 6.60. The summed E-state index contributed by atoms with van der Waals surface area (Å²) in [5.74, 6) is 1.19. The fraction of sp³-hybridized carbons (Fsp3) is 0.538. The minimum absolute atomic E-state index is 0.0334. The van der Waals surface area contributed by atoms with Crippen molar-refractivity contribution in [3.8, 4) is 0 Å². The van der Waals surface area contributed by atoms with E-state index >= 15 is 0 Å². The fourth-order valence-electron chi connectivity index (χ4n) is 1.54. The lowest BCUT2D eigenvalue weighted by Gasteiger charge is -2.03. The summed E-state index contributed by atoms with van der Waals surface area (Å²) in [4.78, 5) is 20.2. The molecule has 6 nitrogen and oxygen atoms in total. The van der Waals surface area contributed by atoms with Crippen LogP contribution in [0.15, 0.2) is 9.90 Å². The highest BCUT2D eigenvalue weighted by Crippen LogP contribution is 2.18. The number of hydrogen-bond donors (Lipinski definition) is 1. The van der Waals surface area contributed by atoms with Crippen molar-refractivity contribution < 1.29 is 9.32 Å². The minimum Gasteiger partial charge on any atom is -0.339 e. The first-order valence-electron chi connectivity index (χ1n) is 6.65. The van der Waals surface area contributed by atoms with Crippen LogP contribution in [0, 0.1) is 5.92 Å². The van der Waals surface area contributed by atoms with Crippen molar-refractivity contribution in [1.29, 1.82) is 0 Å². The Morgan fingerprint density at radius 3 is 2.95 bits per heavy atom. The van der Waals surface area contributed by atoms with Crippen molar-refractivity contribution in [2.24, 2.45) is 5.92 Å². The van der Waals surface area contributed by atoms with Gasteiger partial charge in [0.25, 0.3) is 0 Å². The van der Waals surface area contributed by atoms with Crippen LogP contribution < -0.4 is 5.32 Å². The molecule has 2 rings (SSSR count). The van der Waals surface area contributed by atoms with Crippen molar-refractivity contribution in [3.05, 3.63) is 22.8 Å². The summed E-state index contributed by atoms with van der Waals surface area (Å²) < 4.78 is 5.17. The first-order valence-corrected chi connectivity index (χ1v) is 7.53. The van der Waals surface area contributed by atoms with Gasteiger partial charge in [0.1, 0.15) is 0 Å². The molecule has 20 heavy (non-hydrogen) atoms. The summed E-state index contributed by atoms with van der Waals surface area (Å²) >= 11 is 1.40. The average Bonchev–Trinajstić information content (AvgIpc) is 3.00. The Morgan fingerprint density at radius 1 is 1.45 bits per heavy atom. The van der Waals surface area contributed by atoms with Gasteiger partial charge in [0.2, 0.25) is 11.8 Å². The predicted molar refractivity (Wildman–Crippen MR) is 76.7 cm³/mol. The number of amides is 1. The van der Waals surface area contributed by atoms with E-state index in [2.05, 4.69) is 27.4 Å². The third-order valence-electron chi connectivity index (χ3n) is 2.62. The van der Waals surface area contributed by atoms with E-state index < -0.39 is 0 Å². The maximum absolute atomic E-state index is 11.6. The van der Waals surface area contributed by atoms with E-state index in [-0.39, 0.29) is 11.8 Å². The lowest BCUT2D eigenvalue weighted by molar-refractivity contribution is -0.118. The molecule has 2 aromatic heterocycles. The Bertz CT molecular complexity index is 576. The monoisotopic (exact) mass is 294 g/mol. The van der Waals surface area contributed by atoms with E-state index in [1.54, 1.807) is 0 Å². The summed E-state index contributed by atoms with van der Waals surface area (Å²) in [6.45, 7) is 5.76. The molecule has 0 aliphatic carbocycles. The Balaban J connectivity index is 1.96. The second-order valence-electron chi connectivity index (χ2n) is 4.82. The number of rotatable bonds is 6. The highest BCUT2D eigenvalue weighted by molar-refractivity contribution is 7.13. The standard InChI is InChI=1S/C13H18N4O2S/c1-4-5-10-15-11(19-17-10)6-9-7-20-13(14-9)16-12(18)8(2)3/h7-8H,4-6H2,1-3H3,(H,14,16,18). The van der Waals surface area contributed by atoms with Crippen LogP contribution in [0.1, 0.15) is 44.6 Å². The summed E-state index contributed by atoms with van der Waals surface area (Å²) in [6, 6.07) is 0. The van der Waals surface area contributed by atoms with Gasteiger partial charge >= 0.3 is 0 Å². The first-order chi connectivity index (χ1) is 9.58. The van der Waals surface area contributed by atoms with Gasteiger partial charge in [-0.25, -0.2) is 4.98 Å². The molecule has 1 amide bonds. The molecular weight excluding hydrogens is 276 g/mol. The lowest BCUT2D eigenvalue weighted by Crippen LogP contribution is -2.17. The maximum Gasteiger partial charge on any atom is 0.232 e. The van der Waals surface area contributed by atoms with Gasteiger partial charge in [0.15, 0.2) is 11.0 Å². The van der Waals surface area contributed by atoms with Crippen LogP contribution in [0.5, 0.6) is 0 Å². The van der Waals surface area contributed by atoms with Crippen molar-refractivity contribution in [2.75, 3.05) is 5.32 Å². The van der Waals surface area contributed by atoms with Crippen LogP contribution in [0.3, 0.4) is 0 Å². The van der Waals surface area contributed by atoms with Crippen LogP contribution in [-0.4, -0.2) is 21.0 Å². The highest BCUT2D eigenvalue weighted by atomic mass is 32.1. The summed E-state index contributed by atoms with van der Waals surface area (Å²) in [6.07, 6.45) is 2.29. The molecule has 108 valence electrons. The lowest BCUT2D eigenvalue weighted by atomic mass is 10.2. The zero-order chi connectivity index (χ0) is 14.5. The summed E-state index contributed by atoms with van der Waals surface area (Å²) in [5.41, 5.74) is 0.820. The Morgan fingerprint density at radius 2 is 2.25 bits per heavy atom. The molecule has 0 spiro atoms. The molecule has 1 N–H and O–H groups in total. The van der Waals surface area contributed by atoms with Gasteiger partial charge in [-0.2, -0.15) is 4.98 Å². The number of hydrogen-bond acceptors (Lipinski definition) is 6. The number of thiazole rings is 1. The molecule has 0 radical (unpaired) electrons. The van der Waals surface area contributed by atoms with E-state index in [4.69, 9.17) is 4.52 Å². The molecule has 2 heterocycles. The SMILES string of the molecule is CCCc1noc(Cc2csc(NC(=O)C(C)C)n2)n1. The van der Waals surface area contributed by atoms with E-state index in [1.165, 1.54) is 11.3 Å². The van der Waals surface area contributed by atoms with E-state index in [1.807, 2.05) is 19.2 Å². The molecule has 2 aromatic rings. The molecule has 0 bridgehead atoms. The van der Waals surface area contributed by atoms with E-state index in [0.29, 0.717) is 17.4 Å². The van der Waals surface area contributed by atoms with Crippen LogP contribution >= 0.6 is 11.3 Å². The topological polar surface area (TPSA) is 80.9 Å². The van der Waals surface area contributed by atoms with Crippen LogP contribution in [-0.2, 0) is 17.6 Å². The van der Waals surface area contributed by atoms with Gasteiger partial charge in [-0.3, -0.25) is 4.79 Å². The van der Waals surface area contributed by atoms with Crippen LogP contribution in [0.2, 0.25) is 0 Å². The normalized spacial score (nSPS) is 11.0. The van der Waals surface area contributed by atoms with Gasteiger partial charge in [-0.05, 0) is 6.42 Å². The Labute approximate surface area is 121 Å². The molecule has 0 fully saturated rings. The number of carbonyl (C=O) groups is 1. The van der Waals surface area contributed by atoms with Gasteiger partial charge in [0, 0.05) is 17.7 Å². The number of nitrogens with zero attached hydrogens (tertiary/aromatic N) is 3. The number of nitrogens with one attached hydrogen (secondary N) is 1. The van der Waals surface area contributed by atoms with Crippen molar-refractivity contribution >= 4 is 22.4 Å². The maximum atomic E-state index is 11.6. The number of carbonyl (C=O) groups excluding carboxylic acids is 1. The second-order valence-corrected chi connectivity index (χ2v) is 5.68. The van der Waals surface area contributed by atoms with Crippen LogP contribution in [0.4, 0.5) is 5.13 Å². The molecule has 0 aromatic carbocycles. The minimum atomic E-state index is -0.0603. The molecule has 0 unspecified atom stereocenters. The van der Waals surface area contributed by atoms with Gasteiger partial charge in [0.05, 0.1) is 12.1 Å². The van der Waals surface area contributed by atoms with Crippen LogP contribution in [0.25, 0.3) is 0 Å². The smallest absolute Gasteiger partial charge is 0.232 e. The molecule has 0 aliphatic heterocycles. The Kier molecular flexibility index (Phi) is 4.84. The number of aryl methyl sites for hydroxylation is 1. The largest absolute Gasteiger partial charge is 0.339 e. The molecule has 0 saturated carbocycles. The Hall–Kier alpha value is -1.76. The molecule has 7 heteroatoms. The number of anilines is 1. The fourth-order valence-corrected chi connectivity index (χ4v) is 2.25. The summed E-state index contributed by atoms with van der Waals surface area (Å²) in [5, 5.41) is 9.17. The molecular formula is C13H18N4O2S. The van der Waals surface area contributed by atoms with E-state index in [0.717, 1.165) is 24.4 Å². The van der Waals surface area contributed by atoms with Gasteiger partial charge in [-0.15, -0.1) is 11.3 Å². The average molecular weight is 294 g/mol. The molecule has 0 saturated heterocycles. The zero-order valence-corrected chi connectivity index (χ0v) is 12.7. The van der Waals surface area contributed by atoms with Gasteiger partial charge < -0.3 is 9.84 Å². The third-order valence-corrected chi connectivity index (χ3v) is 3.43. The highest BCUT2D eigenvalue weighted by Gasteiger charge is 2.12. The first kappa shape index (κ1) is 14.6. The van der Waals surface area contributed by atoms with Gasteiger partial charge in [-0.1, -0.05) is 25.9 Å². The molecule has 0 aliphatic rings. The van der Waals surface area contributed by atoms with E-state index in [9.17, 15) is 4.79 Å².